The number of hydrogen-bond acceptors (Lipinski definition) is 8. The molecule has 258 valence electrons. The van der Waals surface area contributed by atoms with Gasteiger partial charge in [-0.2, -0.15) is 17.9 Å². The van der Waals surface area contributed by atoms with Crippen LogP contribution in [0.4, 0.5) is 18.9 Å². The van der Waals surface area contributed by atoms with E-state index in [1.165, 1.54) is 0 Å². The number of nitro benzene ring substituents is 1. The summed E-state index contributed by atoms with van der Waals surface area (Å²) in [5.74, 6) is -3.34. The molecule has 0 bridgehead atoms. The molecule has 0 saturated heterocycles. The van der Waals surface area contributed by atoms with Gasteiger partial charge in [-0.15, -0.1) is 0 Å². The zero-order chi connectivity index (χ0) is 36.4. The first-order valence-electron chi connectivity index (χ1n) is 14.0. The first-order valence-corrected chi connectivity index (χ1v) is 15.5. The molecule has 0 radical (unpaired) electrons. The number of carboxylic acid groups (broad SMARTS) is 2. The van der Waals surface area contributed by atoms with Crippen molar-refractivity contribution in [2.75, 3.05) is 0 Å². The van der Waals surface area contributed by atoms with Crippen LogP contribution in [-0.2, 0) is 38.6 Å². The zero-order valence-electron chi connectivity index (χ0n) is 25.2. The van der Waals surface area contributed by atoms with E-state index in [0.717, 1.165) is 5.56 Å². The number of benzene rings is 4. The van der Waals surface area contributed by atoms with Gasteiger partial charge in [0.25, 0.3) is 11.6 Å². The molecular formula is C32H29F3N4O9S. The summed E-state index contributed by atoms with van der Waals surface area (Å²) in [5, 5.41) is 31.8. The number of nitrogens with zero attached hydrogens (tertiary/aromatic N) is 1. The molecule has 0 heterocycles. The molecule has 0 aliphatic heterocycles. The summed E-state index contributed by atoms with van der Waals surface area (Å²) in [5.41, 5.74) is 2.54. The van der Waals surface area contributed by atoms with Crippen molar-refractivity contribution in [2.24, 2.45) is 5.73 Å². The predicted octanol–water partition coefficient (Wildman–Crippen LogP) is 3.99. The van der Waals surface area contributed by atoms with Crippen LogP contribution in [-0.4, -0.2) is 53.1 Å². The minimum Gasteiger partial charge on any atom is -0.480 e. The molecule has 6 N–H and O–H groups in total. The van der Waals surface area contributed by atoms with Crippen LogP contribution in [0.5, 0.6) is 0 Å². The van der Waals surface area contributed by atoms with Crippen LogP contribution in [0.3, 0.4) is 0 Å². The molecule has 13 nitrogen and oxygen atoms in total. The van der Waals surface area contributed by atoms with E-state index in [1.807, 2.05) is 10.8 Å². The highest BCUT2D eigenvalue weighted by Gasteiger charge is 2.40. The fraction of sp³-hybridized carbons (Fsp3) is 0.156. The lowest BCUT2D eigenvalue weighted by molar-refractivity contribution is -0.388. The predicted molar refractivity (Wildman–Crippen MR) is 169 cm³/mol. The molecule has 4 rings (SSSR count). The fourth-order valence-electron chi connectivity index (χ4n) is 4.31. The van der Waals surface area contributed by atoms with Gasteiger partial charge in [0.15, 0.2) is 5.66 Å². The van der Waals surface area contributed by atoms with Crippen LogP contribution < -0.4 is 15.8 Å². The number of sulfonamides is 1. The van der Waals surface area contributed by atoms with Gasteiger partial charge >= 0.3 is 18.1 Å². The molecule has 2 atom stereocenters. The summed E-state index contributed by atoms with van der Waals surface area (Å²) in [4.78, 5) is 43.5. The van der Waals surface area contributed by atoms with E-state index in [0.29, 0.717) is 23.3 Å². The number of aliphatic carboxylic acids is 2. The van der Waals surface area contributed by atoms with Gasteiger partial charge in [0.2, 0.25) is 10.0 Å². The minimum absolute atomic E-state index is 0.00173. The summed E-state index contributed by atoms with van der Waals surface area (Å²) in [6, 6.07) is 24.7. The van der Waals surface area contributed by atoms with E-state index in [4.69, 9.17) is 5.73 Å². The smallest absolute Gasteiger partial charge is 0.423 e. The largest absolute Gasteiger partial charge is 0.480 e. The highest BCUT2D eigenvalue weighted by atomic mass is 32.2. The number of rotatable bonds is 12. The van der Waals surface area contributed by atoms with Crippen molar-refractivity contribution in [3.05, 3.63) is 142 Å². The van der Waals surface area contributed by atoms with Crippen molar-refractivity contribution >= 4 is 33.6 Å². The monoisotopic (exact) mass is 702 g/mol. The number of nitro groups is 1. The Morgan fingerprint density at radius 2 is 1.35 bits per heavy atom. The molecule has 1 amide bonds. The van der Waals surface area contributed by atoms with Crippen molar-refractivity contribution in [1.82, 2.24) is 10.0 Å². The lowest BCUT2D eigenvalue weighted by atomic mass is 10.00. The van der Waals surface area contributed by atoms with Gasteiger partial charge in [-0.05, 0) is 41.8 Å². The Morgan fingerprint density at radius 3 is 1.82 bits per heavy atom. The number of carboxylic acids is 2. The third kappa shape index (κ3) is 10.7. The Bertz CT molecular complexity index is 1900. The van der Waals surface area contributed by atoms with Gasteiger partial charge < -0.3 is 15.5 Å². The Hall–Kier alpha value is -5.65. The molecule has 2 unspecified atom stereocenters. The number of alkyl halides is 3. The van der Waals surface area contributed by atoms with Gasteiger partial charge in [-0.1, -0.05) is 78.9 Å². The topological polar surface area (TPSA) is 219 Å². The Kier molecular flexibility index (Phi) is 12.3. The molecular weight excluding hydrogens is 673 g/mol. The number of halogens is 3. The van der Waals surface area contributed by atoms with Crippen LogP contribution in [0.1, 0.15) is 27.0 Å². The molecule has 0 fully saturated rings. The quantitative estimate of drug-likeness (QED) is 0.0812. The highest BCUT2D eigenvalue weighted by molar-refractivity contribution is 7.89. The Labute approximate surface area is 277 Å². The standard InChI is InChI=1S/C16H13F3N2O6S.C16H16N2O3/c17-16(18,19)12-9-11(6-7-14(12)21(24)25)28(26,27)20-13(15(22)23)8-10-4-2-1-3-5-10;17-16(15(20)21,11-12-7-3-1-4-8-12)18-14(19)13-9-5-2-6-10-13/h1-7,9,13,20H,8H2,(H,22,23);1-10H,11,17H2,(H,18,19)(H,20,21). The van der Waals surface area contributed by atoms with Crippen LogP contribution in [0.15, 0.2) is 114 Å². The summed E-state index contributed by atoms with van der Waals surface area (Å²) in [7, 11) is -4.70. The van der Waals surface area contributed by atoms with Crippen LogP contribution in [0.25, 0.3) is 0 Å². The van der Waals surface area contributed by atoms with E-state index in [1.54, 1.807) is 84.9 Å². The zero-order valence-corrected chi connectivity index (χ0v) is 26.0. The van der Waals surface area contributed by atoms with Crippen molar-refractivity contribution in [2.45, 2.75) is 35.6 Å². The van der Waals surface area contributed by atoms with E-state index in [9.17, 15) is 56.3 Å². The molecule has 17 heteroatoms. The maximum absolute atomic E-state index is 13.0. The fourth-order valence-corrected chi connectivity index (χ4v) is 5.52. The normalized spacial score (nSPS) is 13.1. The summed E-state index contributed by atoms with van der Waals surface area (Å²) >= 11 is 0. The van der Waals surface area contributed by atoms with Gasteiger partial charge in [0.1, 0.15) is 11.6 Å². The van der Waals surface area contributed by atoms with Crippen molar-refractivity contribution in [3.63, 3.8) is 0 Å². The number of carbonyl (C=O) groups is 3. The Balaban J connectivity index is 0.000000276. The molecule has 0 aromatic heterocycles. The van der Waals surface area contributed by atoms with Gasteiger partial charge in [-0.25, -0.2) is 13.2 Å². The average molecular weight is 703 g/mol. The second-order valence-electron chi connectivity index (χ2n) is 10.4. The lowest BCUT2D eigenvalue weighted by Crippen LogP contribution is -2.63. The van der Waals surface area contributed by atoms with E-state index in [-0.39, 0.29) is 18.9 Å². The minimum atomic E-state index is -5.18. The van der Waals surface area contributed by atoms with E-state index in [2.05, 4.69) is 5.32 Å². The molecule has 49 heavy (non-hydrogen) atoms. The molecule has 0 spiro atoms. The van der Waals surface area contributed by atoms with Crippen LogP contribution in [0, 0.1) is 10.1 Å². The van der Waals surface area contributed by atoms with Crippen LogP contribution in [0.2, 0.25) is 0 Å². The van der Waals surface area contributed by atoms with E-state index < -0.39 is 66.8 Å². The molecule has 4 aromatic rings. The van der Waals surface area contributed by atoms with E-state index >= 15 is 0 Å². The van der Waals surface area contributed by atoms with Crippen molar-refractivity contribution in [3.8, 4) is 0 Å². The first kappa shape index (κ1) is 37.8. The Morgan fingerprint density at radius 1 is 0.837 bits per heavy atom. The molecule has 4 aromatic carbocycles. The second-order valence-corrected chi connectivity index (χ2v) is 12.1. The number of hydrogen-bond donors (Lipinski definition) is 5. The van der Waals surface area contributed by atoms with Crippen molar-refractivity contribution in [1.29, 1.82) is 0 Å². The van der Waals surface area contributed by atoms with Gasteiger partial charge in [0.05, 0.1) is 9.82 Å². The number of carbonyl (C=O) groups excluding carboxylic acids is 1. The number of nitrogens with one attached hydrogen (secondary N) is 2. The summed E-state index contributed by atoms with van der Waals surface area (Å²) in [6.45, 7) is 0. The SMILES string of the molecule is NC(Cc1ccccc1)(NC(=O)c1ccccc1)C(=O)O.O=C(O)C(Cc1ccccc1)NS(=O)(=O)c1ccc([N+](=O)[O-])c(C(F)(F)F)c1. The lowest BCUT2D eigenvalue weighted by Gasteiger charge is -2.26. The second kappa shape index (κ2) is 16.0. The molecule has 0 saturated carbocycles. The van der Waals surface area contributed by atoms with Gasteiger partial charge in [-0.3, -0.25) is 25.4 Å². The molecule has 0 aliphatic carbocycles. The average Bonchev–Trinajstić information content (AvgIpc) is 3.05. The number of amides is 1. The first-order chi connectivity index (χ1) is 22.9. The summed E-state index contributed by atoms with van der Waals surface area (Å²) < 4.78 is 65.7. The third-order valence-corrected chi connectivity index (χ3v) is 8.21. The van der Waals surface area contributed by atoms with Crippen LogP contribution >= 0.6 is 0 Å². The summed E-state index contributed by atoms with van der Waals surface area (Å²) in [6.07, 6.45) is -5.43. The van der Waals surface area contributed by atoms with Crippen molar-refractivity contribution < 1.29 is 51.1 Å². The molecule has 0 aliphatic rings. The maximum atomic E-state index is 13.0. The number of nitrogens with two attached hydrogens (primary N) is 1. The maximum Gasteiger partial charge on any atom is 0.423 e. The van der Waals surface area contributed by atoms with Gasteiger partial charge in [0, 0.05) is 18.1 Å². The third-order valence-electron chi connectivity index (χ3n) is 6.74. The highest BCUT2D eigenvalue weighted by Crippen LogP contribution is 2.37.